The molecule has 0 aromatic heterocycles. The van der Waals surface area contributed by atoms with Crippen LogP contribution < -0.4 is 5.46 Å². The monoisotopic (exact) mass is 656 g/mol. The number of hydrogen-bond acceptors (Lipinski definition) is 2. The molecule has 0 saturated heterocycles. The summed E-state index contributed by atoms with van der Waals surface area (Å²) in [5.74, 6) is 0. The van der Waals surface area contributed by atoms with Crippen LogP contribution in [-0.2, 0) is 0 Å². The summed E-state index contributed by atoms with van der Waals surface area (Å²) in [6.07, 6.45) is 0. The summed E-state index contributed by atoms with van der Waals surface area (Å²) >= 11 is 3.26. The van der Waals surface area contributed by atoms with Gasteiger partial charge in [-0.1, -0.05) is 157 Å². The minimum Gasteiger partial charge on any atom is -0.423 e. The highest BCUT2D eigenvalue weighted by atomic mass is 79.9. The van der Waals surface area contributed by atoms with E-state index in [1.54, 1.807) is 0 Å². The summed E-state index contributed by atoms with van der Waals surface area (Å²) in [4.78, 5) is 0. The van der Waals surface area contributed by atoms with Gasteiger partial charge >= 0.3 is 7.12 Å². The fourth-order valence-corrected chi connectivity index (χ4v) is 5.34. The molecule has 8 aromatic rings. The van der Waals surface area contributed by atoms with E-state index < -0.39 is 208 Å². The molecule has 0 atom stereocenters. The van der Waals surface area contributed by atoms with Gasteiger partial charge in [0.15, 0.2) is 0 Å². The Labute approximate surface area is 301 Å². The van der Waals surface area contributed by atoms with E-state index in [1.165, 1.54) is 0 Å². The second-order valence-electron chi connectivity index (χ2n) is 8.85. The van der Waals surface area contributed by atoms with Gasteiger partial charge in [0.1, 0.15) is 0 Å². The SMILES string of the molecule is [2H]c1c([2H])c([2H])c(-c2c3c([2H])c([2H])c([2H])c([2H])c3c(B(O)O)c3c([2H])c([2H])c([2H])c([2H])c23)c([2H])c1[2H].[2H]c1c([2H])c([2H])c(-c2c3c([2H])c([2H])c([2H])c([2H])c3c(Br)c3c([2H])c([2H])c([2H])c([2H])c23)c([2H])c1[2H]. The first-order valence-corrected chi connectivity index (χ1v) is 13.3. The molecule has 0 fully saturated rings. The second kappa shape index (κ2) is 12.1. The van der Waals surface area contributed by atoms with Crippen LogP contribution in [0.2, 0.25) is 0 Å². The minimum absolute atomic E-state index is 0.0207. The maximum absolute atomic E-state index is 10.3. The quantitative estimate of drug-likeness (QED) is 0.147. The Morgan fingerprint density at radius 1 is 0.386 bits per heavy atom. The van der Waals surface area contributed by atoms with Crippen molar-refractivity contribution < 1.29 is 45.7 Å². The van der Waals surface area contributed by atoms with Crippen LogP contribution in [0, 0.1) is 0 Å². The van der Waals surface area contributed by atoms with E-state index in [0.29, 0.717) is 0 Å². The fourth-order valence-electron chi connectivity index (χ4n) is 4.74. The molecule has 0 aliphatic carbocycles. The van der Waals surface area contributed by atoms with Crippen molar-refractivity contribution in [2.24, 2.45) is 0 Å². The Morgan fingerprint density at radius 3 is 1.00 bits per heavy atom. The molecule has 4 heteroatoms. The Hall–Kier alpha value is -4.74. The lowest BCUT2D eigenvalue weighted by Crippen LogP contribution is -2.31. The van der Waals surface area contributed by atoms with Gasteiger partial charge in [0.25, 0.3) is 0 Å². The molecule has 2 N–H and O–H groups in total. The van der Waals surface area contributed by atoms with Gasteiger partial charge < -0.3 is 10.0 Å². The molecule has 0 aliphatic heterocycles. The predicted octanol–water partition coefficient (Wildman–Crippen LogP) is 9.76. The van der Waals surface area contributed by atoms with Gasteiger partial charge in [-0.2, -0.15) is 0 Å². The number of benzene rings is 8. The normalized spacial score (nSPS) is 19.3. The lowest BCUT2D eigenvalue weighted by Gasteiger charge is -2.16. The number of fused-ring (bicyclic) bond motifs is 4. The average molecular weight is 658 g/mol. The summed E-state index contributed by atoms with van der Waals surface area (Å²) in [6.45, 7) is 0. The molecule has 210 valence electrons. The van der Waals surface area contributed by atoms with Crippen molar-refractivity contribution in [2.45, 2.75) is 0 Å². The van der Waals surface area contributed by atoms with Crippen molar-refractivity contribution in [3.05, 3.63) is 162 Å². The van der Waals surface area contributed by atoms with E-state index in [4.69, 9.17) is 35.6 Å². The van der Waals surface area contributed by atoms with Crippen molar-refractivity contribution in [1.29, 1.82) is 0 Å². The number of rotatable bonds is 3. The van der Waals surface area contributed by atoms with Gasteiger partial charge in [0.2, 0.25) is 0 Å². The molecule has 2 nitrogen and oxygen atoms in total. The Balaban J connectivity index is 0.000000207. The summed E-state index contributed by atoms with van der Waals surface area (Å²) < 4.78 is 215. The molecule has 0 bridgehead atoms. The zero-order valence-corrected chi connectivity index (χ0v) is 23.4. The van der Waals surface area contributed by atoms with Gasteiger partial charge in [-0.05, 0) is 86.7 Å². The lowest BCUT2D eigenvalue weighted by atomic mass is 9.72. The third-order valence-corrected chi connectivity index (χ3v) is 7.28. The van der Waals surface area contributed by atoms with Crippen molar-refractivity contribution in [3.63, 3.8) is 0 Å². The number of hydrogen-bond donors (Lipinski definition) is 2. The first-order valence-electron chi connectivity index (χ1n) is 25.5. The molecule has 0 spiro atoms. The topological polar surface area (TPSA) is 40.5 Å². The third-order valence-electron chi connectivity index (χ3n) is 6.49. The first-order chi connectivity index (χ1) is 32.4. The van der Waals surface area contributed by atoms with Crippen LogP contribution >= 0.6 is 15.9 Å². The highest BCUT2D eigenvalue weighted by molar-refractivity contribution is 9.10. The van der Waals surface area contributed by atoms with Gasteiger partial charge in [0.05, 0.1) is 35.6 Å². The van der Waals surface area contributed by atoms with Crippen molar-refractivity contribution >= 4 is 71.6 Å². The van der Waals surface area contributed by atoms with Gasteiger partial charge in [0, 0.05) is 4.47 Å². The summed E-state index contributed by atoms with van der Waals surface area (Å²) in [7, 11) is -2.46. The molecule has 0 heterocycles. The smallest absolute Gasteiger partial charge is 0.423 e. The standard InChI is InChI=1S/C20H15BO2.C20H13Br/c22-21(23)20-17-12-6-4-10-15(17)19(14-8-2-1-3-9-14)16-11-5-7-13-18(16)20;21-20-17-12-6-4-10-15(17)19(14-8-2-1-3-9-14)16-11-5-7-13-18(16)20/h1-13,22-23H;1-13H/i2*1D,2D,3D,4D,5D,6D,7D,8D,9D,10D,11D,12D,13D. The summed E-state index contributed by atoms with van der Waals surface area (Å²) in [5, 5.41) is 17.8. The fraction of sp³-hybridized carbons (Fsp3) is 0. The molecular weight excluding hydrogens is 603 g/mol. The van der Waals surface area contributed by atoms with Crippen molar-refractivity contribution in [3.8, 4) is 22.3 Å². The molecule has 0 aliphatic rings. The molecular formula is C40H28BBrO2. The van der Waals surface area contributed by atoms with Crippen LogP contribution in [0.5, 0.6) is 0 Å². The maximum Gasteiger partial charge on any atom is 0.489 e. The summed E-state index contributed by atoms with van der Waals surface area (Å²) in [5.41, 5.74) is -2.38. The Kier molecular flexibility index (Phi) is 3.11. The maximum atomic E-state index is 10.3. The molecule has 0 radical (unpaired) electrons. The average Bonchev–Trinajstić information content (AvgIpc) is 3.32. The predicted molar refractivity (Wildman–Crippen MR) is 191 cm³/mol. The van der Waals surface area contributed by atoms with E-state index in [1.807, 2.05) is 0 Å². The summed E-state index contributed by atoms with van der Waals surface area (Å²) in [6, 6.07) is -18.0. The second-order valence-corrected chi connectivity index (χ2v) is 9.64. The van der Waals surface area contributed by atoms with Gasteiger partial charge in [-0.3, -0.25) is 0 Å². The van der Waals surface area contributed by atoms with E-state index in [-0.39, 0.29) is 31.6 Å². The van der Waals surface area contributed by atoms with Gasteiger partial charge in [-0.15, -0.1) is 0 Å². The van der Waals surface area contributed by atoms with Crippen LogP contribution in [0.1, 0.15) is 35.6 Å². The largest absolute Gasteiger partial charge is 0.489 e. The highest BCUT2D eigenvalue weighted by Crippen LogP contribution is 2.41. The van der Waals surface area contributed by atoms with E-state index in [2.05, 4.69) is 15.9 Å². The highest BCUT2D eigenvalue weighted by Gasteiger charge is 2.22. The Bertz CT molecular complexity index is 3510. The van der Waals surface area contributed by atoms with Crippen LogP contribution in [0.4, 0.5) is 0 Å². The molecule has 0 unspecified atom stereocenters. The molecule has 44 heavy (non-hydrogen) atoms. The molecule has 8 rings (SSSR count). The van der Waals surface area contributed by atoms with Crippen molar-refractivity contribution in [1.82, 2.24) is 0 Å². The zero-order valence-electron chi connectivity index (χ0n) is 47.8. The zero-order chi connectivity index (χ0) is 52.7. The Morgan fingerprint density at radius 2 is 0.659 bits per heavy atom. The van der Waals surface area contributed by atoms with Crippen LogP contribution in [0.25, 0.3) is 65.3 Å². The van der Waals surface area contributed by atoms with Crippen LogP contribution in [0.3, 0.4) is 0 Å². The van der Waals surface area contributed by atoms with E-state index in [9.17, 15) is 10.0 Å². The van der Waals surface area contributed by atoms with E-state index >= 15 is 0 Å². The molecule has 0 saturated carbocycles. The van der Waals surface area contributed by atoms with Crippen LogP contribution in [0.15, 0.2) is 162 Å². The molecule has 0 amide bonds. The molecule has 8 aromatic carbocycles. The van der Waals surface area contributed by atoms with Crippen molar-refractivity contribution in [2.75, 3.05) is 0 Å². The van der Waals surface area contributed by atoms with Crippen LogP contribution in [-0.4, -0.2) is 17.2 Å². The third kappa shape index (κ3) is 4.97. The lowest BCUT2D eigenvalue weighted by molar-refractivity contribution is 0.426. The number of halogens is 1. The minimum atomic E-state index is -2.46. The van der Waals surface area contributed by atoms with E-state index in [0.717, 1.165) is 0 Å². The van der Waals surface area contributed by atoms with Gasteiger partial charge in [-0.25, -0.2) is 0 Å². The first kappa shape index (κ1) is 11.3.